The third-order valence-electron chi connectivity index (χ3n) is 3.14. The molecule has 0 aliphatic carbocycles. The van der Waals surface area contributed by atoms with Crippen LogP contribution in [0.5, 0.6) is 0 Å². The van der Waals surface area contributed by atoms with E-state index < -0.39 is 10.8 Å². The van der Waals surface area contributed by atoms with Crippen LogP contribution in [0, 0.1) is 0 Å². The van der Waals surface area contributed by atoms with Crippen LogP contribution in [0.25, 0.3) is 5.69 Å². The van der Waals surface area contributed by atoms with Gasteiger partial charge in [-0.15, -0.1) is 0 Å². The zero-order chi connectivity index (χ0) is 14.5. The van der Waals surface area contributed by atoms with E-state index in [0.717, 1.165) is 11.3 Å². The maximum absolute atomic E-state index is 11.2. The van der Waals surface area contributed by atoms with E-state index in [1.54, 1.807) is 6.26 Å². The minimum absolute atomic E-state index is 0.186. The molecule has 0 aliphatic heterocycles. The van der Waals surface area contributed by atoms with Crippen LogP contribution in [0.3, 0.4) is 0 Å². The molecule has 0 saturated heterocycles. The van der Waals surface area contributed by atoms with Gasteiger partial charge in [-0.05, 0) is 26.0 Å². The minimum Gasteiger partial charge on any atom is -0.307 e. The Morgan fingerprint density at radius 3 is 2.65 bits per heavy atom. The molecule has 20 heavy (non-hydrogen) atoms. The Labute approximate surface area is 122 Å². The summed E-state index contributed by atoms with van der Waals surface area (Å²) in [5, 5.41) is 7.84. The Bertz CT molecular complexity index is 568. The van der Waals surface area contributed by atoms with Gasteiger partial charge in [0, 0.05) is 46.7 Å². The molecule has 1 heterocycles. The van der Waals surface area contributed by atoms with E-state index in [1.165, 1.54) is 0 Å². The van der Waals surface area contributed by atoms with Crippen LogP contribution in [0.1, 0.15) is 25.5 Å². The van der Waals surface area contributed by atoms with Gasteiger partial charge in [0.2, 0.25) is 0 Å². The second-order valence-electron chi connectivity index (χ2n) is 5.08. The molecule has 0 aliphatic rings. The Morgan fingerprint density at radius 1 is 1.30 bits per heavy atom. The Hall–Kier alpha value is -1.46. The Morgan fingerprint density at radius 2 is 2.00 bits per heavy atom. The molecule has 4 nitrogen and oxygen atoms in total. The van der Waals surface area contributed by atoms with Gasteiger partial charge in [0.25, 0.3) is 0 Å². The summed E-state index contributed by atoms with van der Waals surface area (Å²) in [7, 11) is -0.776. The molecule has 0 radical (unpaired) electrons. The van der Waals surface area contributed by atoms with Crippen LogP contribution < -0.4 is 5.32 Å². The molecule has 2 rings (SSSR count). The second-order valence-corrected chi connectivity index (χ2v) is 6.56. The van der Waals surface area contributed by atoms with Gasteiger partial charge >= 0.3 is 0 Å². The number of hydrogen-bond donors (Lipinski definition) is 1. The van der Waals surface area contributed by atoms with Gasteiger partial charge in [-0.2, -0.15) is 5.10 Å². The van der Waals surface area contributed by atoms with Crippen LogP contribution in [0.15, 0.2) is 42.7 Å². The molecule has 1 aromatic heterocycles. The highest BCUT2D eigenvalue weighted by atomic mass is 32.2. The minimum atomic E-state index is -0.776. The van der Waals surface area contributed by atoms with Gasteiger partial charge in [-0.25, -0.2) is 4.68 Å². The first-order valence-corrected chi connectivity index (χ1v) is 8.45. The summed E-state index contributed by atoms with van der Waals surface area (Å²) in [6, 6.07) is 10.4. The van der Waals surface area contributed by atoms with Crippen LogP contribution in [-0.4, -0.2) is 32.0 Å². The van der Waals surface area contributed by atoms with E-state index in [1.807, 2.05) is 47.4 Å². The van der Waals surface area contributed by atoms with Crippen molar-refractivity contribution in [1.82, 2.24) is 15.1 Å². The zero-order valence-electron chi connectivity index (χ0n) is 12.1. The largest absolute Gasteiger partial charge is 0.307 e. The molecule has 5 heteroatoms. The summed E-state index contributed by atoms with van der Waals surface area (Å²) in [5.41, 5.74) is 2.18. The first-order valence-electron chi connectivity index (χ1n) is 6.72. The van der Waals surface area contributed by atoms with Gasteiger partial charge in [-0.3, -0.25) is 4.21 Å². The number of hydrogen-bond acceptors (Lipinski definition) is 3. The molecule has 1 N–H and O–H groups in total. The van der Waals surface area contributed by atoms with E-state index in [9.17, 15) is 4.21 Å². The van der Waals surface area contributed by atoms with Crippen molar-refractivity contribution in [1.29, 1.82) is 0 Å². The van der Waals surface area contributed by atoms with Gasteiger partial charge in [0.1, 0.15) is 0 Å². The lowest BCUT2D eigenvalue weighted by Crippen LogP contribution is -2.33. The molecule has 3 atom stereocenters. The highest BCUT2D eigenvalue weighted by Crippen LogP contribution is 2.14. The van der Waals surface area contributed by atoms with E-state index in [4.69, 9.17) is 0 Å². The molecule has 2 aromatic rings. The number of rotatable bonds is 6. The number of aromatic nitrogens is 2. The molecule has 3 unspecified atom stereocenters. The average Bonchev–Trinajstić information content (AvgIpc) is 2.88. The number of benzene rings is 1. The summed E-state index contributed by atoms with van der Waals surface area (Å²) < 4.78 is 13.1. The van der Waals surface area contributed by atoms with Crippen LogP contribution in [-0.2, 0) is 10.8 Å². The molecule has 1 aromatic carbocycles. The van der Waals surface area contributed by atoms with Crippen molar-refractivity contribution >= 4 is 10.8 Å². The summed E-state index contributed by atoms with van der Waals surface area (Å²) in [6.07, 6.45) is 5.64. The lowest BCUT2D eigenvalue weighted by molar-refractivity contribution is 0.508. The van der Waals surface area contributed by atoms with E-state index in [0.29, 0.717) is 5.75 Å². The summed E-state index contributed by atoms with van der Waals surface area (Å²) >= 11 is 0. The van der Waals surface area contributed by atoms with Crippen molar-refractivity contribution in [3.8, 4) is 5.69 Å². The van der Waals surface area contributed by atoms with Crippen molar-refractivity contribution in [2.45, 2.75) is 25.9 Å². The van der Waals surface area contributed by atoms with E-state index in [-0.39, 0.29) is 12.1 Å². The van der Waals surface area contributed by atoms with Crippen LogP contribution in [0.2, 0.25) is 0 Å². The molecule has 0 saturated carbocycles. The molecule has 0 spiro atoms. The van der Waals surface area contributed by atoms with Gasteiger partial charge in [-0.1, -0.05) is 18.2 Å². The number of nitrogens with zero attached hydrogens (tertiary/aromatic N) is 2. The molecule has 108 valence electrons. The quantitative estimate of drug-likeness (QED) is 0.888. The highest BCUT2D eigenvalue weighted by molar-refractivity contribution is 7.84. The van der Waals surface area contributed by atoms with Crippen molar-refractivity contribution in [3.05, 3.63) is 48.3 Å². The van der Waals surface area contributed by atoms with Crippen molar-refractivity contribution < 1.29 is 4.21 Å². The summed E-state index contributed by atoms with van der Waals surface area (Å²) in [4.78, 5) is 0. The van der Waals surface area contributed by atoms with Crippen molar-refractivity contribution in [2.75, 3.05) is 12.0 Å². The van der Waals surface area contributed by atoms with Gasteiger partial charge in [0.15, 0.2) is 0 Å². The fraction of sp³-hybridized carbons (Fsp3) is 0.400. The first kappa shape index (κ1) is 14.9. The molecule has 0 amide bonds. The zero-order valence-corrected chi connectivity index (χ0v) is 12.9. The molecule has 0 bridgehead atoms. The second kappa shape index (κ2) is 6.81. The fourth-order valence-electron chi connectivity index (χ4n) is 2.21. The smallest absolute Gasteiger partial charge is 0.0645 e. The SMILES string of the molecule is CC(CS(C)=O)NC(C)c1cnn(-c2ccccc2)c1. The topological polar surface area (TPSA) is 46.9 Å². The average molecular weight is 291 g/mol. The fourth-order valence-corrected chi connectivity index (χ4v) is 3.01. The maximum Gasteiger partial charge on any atom is 0.0645 e. The van der Waals surface area contributed by atoms with E-state index in [2.05, 4.69) is 24.3 Å². The normalized spacial score (nSPS) is 15.8. The third kappa shape index (κ3) is 4.02. The Balaban J connectivity index is 2.03. The molecular weight excluding hydrogens is 270 g/mol. The summed E-state index contributed by atoms with van der Waals surface area (Å²) in [5.74, 6) is 0.664. The summed E-state index contributed by atoms with van der Waals surface area (Å²) in [6.45, 7) is 4.15. The maximum atomic E-state index is 11.2. The van der Waals surface area contributed by atoms with Crippen LogP contribution in [0.4, 0.5) is 0 Å². The van der Waals surface area contributed by atoms with Gasteiger partial charge in [0.05, 0.1) is 11.9 Å². The molecular formula is C15H21N3OS. The number of para-hydroxylation sites is 1. The number of nitrogens with one attached hydrogen (secondary N) is 1. The van der Waals surface area contributed by atoms with Crippen molar-refractivity contribution in [3.63, 3.8) is 0 Å². The predicted molar refractivity (Wildman–Crippen MR) is 83.5 cm³/mol. The van der Waals surface area contributed by atoms with Crippen molar-refractivity contribution in [2.24, 2.45) is 0 Å². The molecule has 0 fully saturated rings. The Kier molecular flexibility index (Phi) is 5.09. The monoisotopic (exact) mass is 291 g/mol. The predicted octanol–water partition coefficient (Wildman–Crippen LogP) is 2.29. The van der Waals surface area contributed by atoms with Gasteiger partial charge < -0.3 is 5.32 Å². The van der Waals surface area contributed by atoms with Crippen LogP contribution >= 0.6 is 0 Å². The standard InChI is InChI=1S/C15H21N3OS/c1-12(11-20(3)19)17-13(2)14-9-16-18(10-14)15-7-5-4-6-8-15/h4-10,12-13,17H,11H2,1-3H3. The highest BCUT2D eigenvalue weighted by Gasteiger charge is 2.12. The first-order chi connectivity index (χ1) is 9.56. The lowest BCUT2D eigenvalue weighted by Gasteiger charge is -2.18. The third-order valence-corrected chi connectivity index (χ3v) is 4.11. The lowest BCUT2D eigenvalue weighted by atomic mass is 10.2. The van der Waals surface area contributed by atoms with E-state index >= 15 is 0 Å².